The number of hydrogen-bond acceptors (Lipinski definition) is 5. The number of para-hydroxylation sites is 1. The molecule has 0 bridgehead atoms. The molecule has 2 saturated carbocycles. The number of nitrogens with zero attached hydrogens (tertiary/aromatic N) is 1. The zero-order valence-corrected chi connectivity index (χ0v) is 15.2. The predicted octanol–water partition coefficient (Wildman–Crippen LogP) is 1.30. The van der Waals surface area contributed by atoms with Crippen LogP contribution in [0.4, 0.5) is 0 Å². The summed E-state index contributed by atoms with van der Waals surface area (Å²) in [4.78, 5) is 27.2. The molecule has 1 amide bonds. The maximum atomic E-state index is 12.9. The van der Waals surface area contributed by atoms with Crippen LogP contribution in [-0.2, 0) is 14.6 Å². The Labute approximate surface area is 152 Å². The van der Waals surface area contributed by atoms with Crippen LogP contribution in [0.25, 0.3) is 0 Å². The number of carbonyl (C=O) groups is 2. The number of amides is 1. The second kappa shape index (κ2) is 5.31. The van der Waals surface area contributed by atoms with Crippen molar-refractivity contribution in [3.05, 3.63) is 29.8 Å². The second-order valence-electron chi connectivity index (χ2n) is 7.99. The van der Waals surface area contributed by atoms with Gasteiger partial charge in [-0.2, -0.15) is 0 Å². The van der Waals surface area contributed by atoms with Crippen molar-refractivity contribution in [2.24, 2.45) is 17.8 Å². The minimum Gasteiger partial charge on any atom is -0.486 e. The summed E-state index contributed by atoms with van der Waals surface area (Å²) in [6, 6.07) is 7.32. The van der Waals surface area contributed by atoms with Gasteiger partial charge < -0.3 is 9.64 Å². The lowest BCUT2D eigenvalue weighted by Gasteiger charge is -2.37. The average molecular weight is 375 g/mol. The van der Waals surface area contributed by atoms with Crippen LogP contribution in [0.1, 0.15) is 29.6 Å². The van der Waals surface area contributed by atoms with Crippen molar-refractivity contribution in [1.82, 2.24) is 4.90 Å². The van der Waals surface area contributed by atoms with Crippen molar-refractivity contribution < 1.29 is 22.7 Å². The molecule has 0 N–H and O–H groups in total. The number of rotatable bonds is 1. The lowest BCUT2D eigenvalue weighted by Crippen LogP contribution is -2.47. The van der Waals surface area contributed by atoms with E-state index in [2.05, 4.69) is 0 Å². The molecule has 2 heterocycles. The summed E-state index contributed by atoms with van der Waals surface area (Å²) in [5, 5.41) is 0. The summed E-state index contributed by atoms with van der Waals surface area (Å²) < 4.78 is 29.5. The summed E-state index contributed by atoms with van der Waals surface area (Å²) in [5.41, 5.74) is 0.0736. The second-order valence-corrected chi connectivity index (χ2v) is 10.3. The van der Waals surface area contributed by atoms with Crippen LogP contribution in [0.3, 0.4) is 0 Å². The first-order valence-corrected chi connectivity index (χ1v) is 11.0. The van der Waals surface area contributed by atoms with E-state index in [1.54, 1.807) is 11.0 Å². The molecule has 1 saturated heterocycles. The fourth-order valence-electron chi connectivity index (χ4n) is 5.24. The zero-order chi connectivity index (χ0) is 18.1. The van der Waals surface area contributed by atoms with Crippen molar-refractivity contribution in [1.29, 1.82) is 0 Å². The van der Waals surface area contributed by atoms with Crippen molar-refractivity contribution in [3.63, 3.8) is 0 Å². The van der Waals surface area contributed by atoms with Gasteiger partial charge in [0.25, 0.3) is 0 Å². The van der Waals surface area contributed by atoms with Crippen molar-refractivity contribution in [2.75, 3.05) is 24.6 Å². The normalized spacial score (nSPS) is 37.0. The maximum Gasteiger partial charge on any atom is 0.226 e. The minimum absolute atomic E-state index is 0.0453. The van der Waals surface area contributed by atoms with Crippen molar-refractivity contribution in [2.45, 2.75) is 24.9 Å². The van der Waals surface area contributed by atoms with Gasteiger partial charge in [0.15, 0.2) is 15.6 Å². The number of carbonyl (C=O) groups excluding carboxylic acids is 2. The number of Topliss-reactive ketones (excluding diaryl/α,β-unsaturated/α-hetero) is 1. The van der Waals surface area contributed by atoms with E-state index in [0.717, 1.165) is 12.8 Å². The fourth-order valence-corrected chi connectivity index (χ4v) is 6.44. The van der Waals surface area contributed by atoms with Gasteiger partial charge in [0.05, 0.1) is 23.5 Å². The highest BCUT2D eigenvalue weighted by molar-refractivity contribution is 7.91. The van der Waals surface area contributed by atoms with Crippen LogP contribution in [0.15, 0.2) is 24.3 Å². The Morgan fingerprint density at radius 2 is 1.92 bits per heavy atom. The molecule has 138 valence electrons. The van der Waals surface area contributed by atoms with Crippen LogP contribution in [0, 0.1) is 17.8 Å². The van der Waals surface area contributed by atoms with Crippen LogP contribution < -0.4 is 4.74 Å². The summed E-state index contributed by atoms with van der Waals surface area (Å²) in [6.45, 7) is 0.569. The minimum atomic E-state index is -3.00. The molecule has 0 aromatic heterocycles. The molecule has 5 rings (SSSR count). The van der Waals surface area contributed by atoms with Crippen molar-refractivity contribution in [3.8, 4) is 5.75 Å². The first kappa shape index (κ1) is 16.3. The lowest BCUT2D eigenvalue weighted by atomic mass is 9.84. The molecule has 2 aliphatic carbocycles. The molecular weight excluding hydrogens is 354 g/mol. The van der Waals surface area contributed by atoms with Gasteiger partial charge in [-0.25, -0.2) is 8.42 Å². The third-order valence-corrected chi connectivity index (χ3v) is 8.19. The van der Waals surface area contributed by atoms with E-state index in [0.29, 0.717) is 17.7 Å². The molecule has 0 radical (unpaired) electrons. The Morgan fingerprint density at radius 1 is 1.19 bits per heavy atom. The first-order valence-electron chi connectivity index (χ1n) is 9.21. The summed E-state index contributed by atoms with van der Waals surface area (Å²) in [7, 11) is -3.00. The van der Waals surface area contributed by atoms with Crippen LogP contribution in [-0.4, -0.2) is 55.2 Å². The van der Waals surface area contributed by atoms with E-state index in [1.165, 1.54) is 0 Å². The van der Waals surface area contributed by atoms with Crippen LogP contribution >= 0.6 is 0 Å². The van der Waals surface area contributed by atoms with Crippen molar-refractivity contribution >= 4 is 21.5 Å². The molecule has 0 unspecified atom stereocenters. The fraction of sp³-hybridized carbons (Fsp3) is 0.579. The molecule has 1 aromatic carbocycles. The molecule has 4 atom stereocenters. The van der Waals surface area contributed by atoms with E-state index in [-0.39, 0.29) is 54.0 Å². The molecule has 2 aliphatic heterocycles. The molecule has 6 nitrogen and oxygen atoms in total. The van der Waals surface area contributed by atoms with Gasteiger partial charge in [0, 0.05) is 24.9 Å². The number of ketones is 1. The summed E-state index contributed by atoms with van der Waals surface area (Å²) in [6.07, 6.45) is 2.03. The van der Waals surface area contributed by atoms with Gasteiger partial charge in [-0.05, 0) is 30.9 Å². The largest absolute Gasteiger partial charge is 0.486 e. The van der Waals surface area contributed by atoms with Gasteiger partial charge >= 0.3 is 0 Å². The van der Waals surface area contributed by atoms with E-state index in [1.807, 2.05) is 18.2 Å². The highest BCUT2D eigenvalue weighted by Crippen LogP contribution is 2.66. The summed E-state index contributed by atoms with van der Waals surface area (Å²) in [5.74, 6) is 1.08. The van der Waals surface area contributed by atoms with Gasteiger partial charge in [0.2, 0.25) is 5.91 Å². The topological polar surface area (TPSA) is 80.8 Å². The van der Waals surface area contributed by atoms with Crippen LogP contribution in [0.2, 0.25) is 0 Å². The lowest BCUT2D eigenvalue weighted by molar-refractivity contribution is -0.134. The Balaban J connectivity index is 1.36. The van der Waals surface area contributed by atoms with E-state index >= 15 is 0 Å². The molecular formula is C19H21NO5S. The average Bonchev–Trinajstić information content (AvgIpc) is 3.25. The Kier molecular flexibility index (Phi) is 3.33. The number of fused-ring (bicyclic) bond motifs is 3. The van der Waals surface area contributed by atoms with E-state index < -0.39 is 15.4 Å². The molecule has 1 aromatic rings. The highest BCUT2D eigenvalue weighted by Gasteiger charge is 2.71. The van der Waals surface area contributed by atoms with Gasteiger partial charge in [-0.15, -0.1) is 0 Å². The molecule has 4 aliphatic rings. The Bertz CT molecular complexity index is 896. The van der Waals surface area contributed by atoms with E-state index in [4.69, 9.17) is 4.74 Å². The van der Waals surface area contributed by atoms with E-state index in [9.17, 15) is 18.0 Å². The first-order chi connectivity index (χ1) is 12.4. The van der Waals surface area contributed by atoms with Crippen LogP contribution in [0.5, 0.6) is 5.75 Å². The number of sulfone groups is 1. The smallest absolute Gasteiger partial charge is 0.226 e. The standard InChI is InChI=1S/C19H21NO5S/c21-14-11-19(25-15-4-2-1-3-12(14)15)6-5-13-16(17(13)19)18(22)20-7-9-26(23,24)10-8-20/h1-4,13,16-17H,5-11H2/t13-,16+,17+,19+/m1/s1. The number of hydrogen-bond donors (Lipinski definition) is 0. The van der Waals surface area contributed by atoms with Gasteiger partial charge in [-0.1, -0.05) is 12.1 Å². The van der Waals surface area contributed by atoms with Gasteiger partial charge in [0.1, 0.15) is 11.4 Å². The predicted molar refractivity (Wildman–Crippen MR) is 93.7 cm³/mol. The highest BCUT2D eigenvalue weighted by atomic mass is 32.2. The zero-order valence-electron chi connectivity index (χ0n) is 14.4. The quantitative estimate of drug-likeness (QED) is 0.739. The third-order valence-electron chi connectivity index (χ3n) is 6.58. The number of ether oxygens (including phenoxy) is 1. The summed E-state index contributed by atoms with van der Waals surface area (Å²) >= 11 is 0. The third kappa shape index (κ3) is 2.32. The van der Waals surface area contributed by atoms with Gasteiger partial charge in [-0.3, -0.25) is 9.59 Å². The molecule has 26 heavy (non-hydrogen) atoms. The Morgan fingerprint density at radius 3 is 2.69 bits per heavy atom. The molecule has 7 heteroatoms. The SMILES string of the molecule is O=C1C[C@]2(CC[C@@H]3[C@H](C(=O)N4CCS(=O)(=O)CC4)[C@H]32)Oc2ccccc21. The molecule has 3 fully saturated rings. The Hall–Kier alpha value is -1.89. The monoisotopic (exact) mass is 375 g/mol. The maximum absolute atomic E-state index is 12.9. The number of benzene rings is 1. The molecule has 1 spiro atoms.